The Morgan fingerprint density at radius 1 is 1.25 bits per heavy atom. The molecule has 1 N–H and O–H groups in total. The predicted molar refractivity (Wildman–Crippen MR) is 75.9 cm³/mol. The smallest absolute Gasteiger partial charge is 0.129 e. The van der Waals surface area contributed by atoms with E-state index < -0.39 is 11.6 Å². The van der Waals surface area contributed by atoms with E-state index in [1.165, 1.54) is 29.7 Å². The minimum Gasteiger partial charge on any atom is -0.312 e. The molecule has 0 aliphatic heterocycles. The average molecular weight is 297 g/mol. The first-order valence-electron chi connectivity index (χ1n) is 6.46. The molecular formula is C14H17F2N3S. The van der Waals surface area contributed by atoms with E-state index >= 15 is 0 Å². The first-order valence-corrected chi connectivity index (χ1v) is 7.24. The first kappa shape index (κ1) is 15.0. The van der Waals surface area contributed by atoms with Crippen LogP contribution in [0.5, 0.6) is 0 Å². The summed E-state index contributed by atoms with van der Waals surface area (Å²) in [6.45, 7) is 4.05. The maximum Gasteiger partial charge on any atom is 0.129 e. The largest absolute Gasteiger partial charge is 0.312 e. The number of nitrogens with one attached hydrogen (secondary N) is 1. The summed E-state index contributed by atoms with van der Waals surface area (Å²) in [6.07, 6.45) is 0.235. The van der Waals surface area contributed by atoms with Crippen molar-refractivity contribution in [2.24, 2.45) is 0 Å². The molecule has 0 fully saturated rings. The van der Waals surface area contributed by atoms with Crippen LogP contribution in [0, 0.1) is 11.6 Å². The number of benzene rings is 1. The van der Waals surface area contributed by atoms with Crippen LogP contribution in [0.25, 0.3) is 0 Å². The van der Waals surface area contributed by atoms with Crippen molar-refractivity contribution in [3.8, 4) is 0 Å². The summed E-state index contributed by atoms with van der Waals surface area (Å²) in [5, 5.41) is 7.21. The highest BCUT2D eigenvalue weighted by atomic mass is 32.1. The first-order chi connectivity index (χ1) is 9.54. The van der Waals surface area contributed by atoms with Crippen LogP contribution in [0.4, 0.5) is 8.78 Å². The molecule has 1 heterocycles. The molecule has 0 spiro atoms. The standard InChI is InChI=1S/C14H17F2N3S/c1-8(2)13-14(20-19-18-13)12(17-3)7-9-10(15)5-4-6-11(9)16/h4-6,8,12,17H,7H2,1-3H3. The molecule has 20 heavy (non-hydrogen) atoms. The molecule has 2 aromatic rings. The van der Waals surface area contributed by atoms with E-state index in [1.807, 2.05) is 13.8 Å². The van der Waals surface area contributed by atoms with Crippen molar-refractivity contribution in [1.82, 2.24) is 14.9 Å². The van der Waals surface area contributed by atoms with Crippen molar-refractivity contribution >= 4 is 11.5 Å². The molecule has 0 bridgehead atoms. The fraction of sp³-hybridized carbons (Fsp3) is 0.429. The van der Waals surface area contributed by atoms with Crippen LogP contribution in [-0.4, -0.2) is 16.6 Å². The van der Waals surface area contributed by atoms with Crippen molar-refractivity contribution in [2.75, 3.05) is 7.05 Å². The summed E-state index contributed by atoms with van der Waals surface area (Å²) in [5.74, 6) is -0.812. The summed E-state index contributed by atoms with van der Waals surface area (Å²) in [7, 11) is 1.77. The summed E-state index contributed by atoms with van der Waals surface area (Å²) in [4.78, 5) is 0.935. The Morgan fingerprint density at radius 2 is 1.90 bits per heavy atom. The van der Waals surface area contributed by atoms with Crippen molar-refractivity contribution in [1.29, 1.82) is 0 Å². The maximum atomic E-state index is 13.8. The Morgan fingerprint density at radius 3 is 2.45 bits per heavy atom. The van der Waals surface area contributed by atoms with Crippen molar-refractivity contribution in [2.45, 2.75) is 32.2 Å². The molecule has 108 valence electrons. The molecule has 0 amide bonds. The SMILES string of the molecule is CNC(Cc1c(F)cccc1F)c1snnc1C(C)C. The molecule has 1 atom stereocenters. The number of rotatable bonds is 5. The van der Waals surface area contributed by atoms with Crippen molar-refractivity contribution in [3.63, 3.8) is 0 Å². The maximum absolute atomic E-state index is 13.8. The lowest BCUT2D eigenvalue weighted by atomic mass is 9.99. The van der Waals surface area contributed by atoms with Gasteiger partial charge in [0.25, 0.3) is 0 Å². The van der Waals surface area contributed by atoms with Gasteiger partial charge >= 0.3 is 0 Å². The zero-order valence-corrected chi connectivity index (χ0v) is 12.5. The van der Waals surface area contributed by atoms with Crippen LogP contribution in [0.15, 0.2) is 18.2 Å². The van der Waals surface area contributed by atoms with E-state index in [1.54, 1.807) is 7.05 Å². The zero-order valence-electron chi connectivity index (χ0n) is 11.7. The molecule has 0 radical (unpaired) electrons. The van der Waals surface area contributed by atoms with Gasteiger partial charge in [-0.3, -0.25) is 0 Å². The summed E-state index contributed by atoms with van der Waals surface area (Å²) in [5.41, 5.74) is 0.973. The number of hydrogen-bond donors (Lipinski definition) is 1. The molecule has 0 saturated heterocycles. The number of halogens is 2. The quantitative estimate of drug-likeness (QED) is 0.918. The minimum absolute atomic E-state index is 0.0926. The molecule has 1 aromatic carbocycles. The summed E-state index contributed by atoms with van der Waals surface area (Å²) >= 11 is 1.27. The monoisotopic (exact) mass is 297 g/mol. The van der Waals surface area contributed by atoms with E-state index in [0.29, 0.717) is 0 Å². The summed E-state index contributed by atoms with van der Waals surface area (Å²) < 4.78 is 31.5. The number of hydrogen-bond acceptors (Lipinski definition) is 4. The molecule has 1 aromatic heterocycles. The van der Waals surface area contributed by atoms with E-state index in [0.717, 1.165) is 10.6 Å². The highest BCUT2D eigenvalue weighted by Gasteiger charge is 2.22. The lowest BCUT2D eigenvalue weighted by Gasteiger charge is -2.17. The minimum atomic E-state index is -0.520. The summed E-state index contributed by atoms with van der Waals surface area (Å²) in [6, 6.07) is 3.73. The molecule has 0 aliphatic rings. The van der Waals surface area contributed by atoms with Crippen LogP contribution >= 0.6 is 11.5 Å². The second-order valence-electron chi connectivity index (χ2n) is 4.92. The van der Waals surface area contributed by atoms with Gasteiger partial charge in [-0.2, -0.15) is 0 Å². The van der Waals surface area contributed by atoms with Gasteiger partial charge in [-0.05, 0) is 43.1 Å². The zero-order chi connectivity index (χ0) is 14.7. The Hall–Kier alpha value is -1.40. The van der Waals surface area contributed by atoms with Crippen LogP contribution in [0.3, 0.4) is 0 Å². The van der Waals surface area contributed by atoms with Crippen LogP contribution in [-0.2, 0) is 6.42 Å². The molecule has 3 nitrogen and oxygen atoms in total. The number of nitrogens with zero attached hydrogens (tertiary/aromatic N) is 2. The van der Waals surface area contributed by atoms with Gasteiger partial charge in [0, 0.05) is 11.6 Å². The third-order valence-corrected chi connectivity index (χ3v) is 4.08. The Labute approximate surface area is 121 Å². The van der Waals surface area contributed by atoms with Gasteiger partial charge < -0.3 is 5.32 Å². The van der Waals surface area contributed by atoms with Gasteiger partial charge in [0.05, 0.1) is 10.6 Å². The van der Waals surface area contributed by atoms with E-state index in [4.69, 9.17) is 0 Å². The van der Waals surface area contributed by atoms with E-state index in [-0.39, 0.29) is 23.9 Å². The predicted octanol–water partition coefficient (Wildman–Crippen LogP) is 3.44. The Kier molecular flexibility index (Phi) is 4.77. The Bertz CT molecular complexity index is 563. The van der Waals surface area contributed by atoms with Crippen molar-refractivity contribution < 1.29 is 8.78 Å². The highest BCUT2D eigenvalue weighted by molar-refractivity contribution is 7.05. The second-order valence-corrected chi connectivity index (χ2v) is 5.71. The van der Waals surface area contributed by atoms with Gasteiger partial charge in [-0.25, -0.2) is 8.78 Å². The number of likely N-dealkylation sites (N-methyl/N-ethyl adjacent to an activating group) is 1. The second kappa shape index (κ2) is 6.37. The van der Waals surface area contributed by atoms with Crippen LogP contribution in [0.1, 0.15) is 41.9 Å². The van der Waals surface area contributed by atoms with Gasteiger partial charge in [0.2, 0.25) is 0 Å². The topological polar surface area (TPSA) is 37.8 Å². The van der Waals surface area contributed by atoms with Gasteiger partial charge in [0.1, 0.15) is 11.6 Å². The number of aromatic nitrogens is 2. The fourth-order valence-electron chi connectivity index (χ4n) is 2.10. The molecule has 0 aliphatic carbocycles. The average Bonchev–Trinajstić information content (AvgIpc) is 2.88. The van der Waals surface area contributed by atoms with Gasteiger partial charge in [-0.1, -0.05) is 24.4 Å². The third kappa shape index (κ3) is 3.02. The van der Waals surface area contributed by atoms with Crippen molar-refractivity contribution in [3.05, 3.63) is 46.0 Å². The molecule has 0 saturated carbocycles. The lowest BCUT2D eigenvalue weighted by Crippen LogP contribution is -2.20. The Balaban J connectivity index is 2.32. The normalized spacial score (nSPS) is 12.9. The molecule has 1 unspecified atom stereocenters. The van der Waals surface area contributed by atoms with E-state index in [2.05, 4.69) is 14.9 Å². The van der Waals surface area contributed by atoms with Gasteiger partial charge in [0.15, 0.2) is 0 Å². The molecule has 6 heteroatoms. The van der Waals surface area contributed by atoms with Crippen LogP contribution < -0.4 is 5.32 Å². The van der Waals surface area contributed by atoms with Gasteiger partial charge in [-0.15, -0.1) is 5.10 Å². The molecular weight excluding hydrogens is 280 g/mol. The highest BCUT2D eigenvalue weighted by Crippen LogP contribution is 2.29. The fourth-order valence-corrected chi connectivity index (χ4v) is 3.02. The molecule has 2 rings (SSSR count). The van der Waals surface area contributed by atoms with Crippen LogP contribution in [0.2, 0.25) is 0 Å². The third-order valence-electron chi connectivity index (χ3n) is 3.22. The van der Waals surface area contributed by atoms with E-state index in [9.17, 15) is 8.78 Å². The lowest BCUT2D eigenvalue weighted by molar-refractivity contribution is 0.515.